The van der Waals surface area contributed by atoms with Crippen LogP contribution in [0.1, 0.15) is 25.0 Å². The van der Waals surface area contributed by atoms with Crippen molar-refractivity contribution in [2.24, 2.45) is 5.92 Å². The summed E-state index contributed by atoms with van der Waals surface area (Å²) in [4.78, 5) is 15.2. The Morgan fingerprint density at radius 3 is 2.79 bits per heavy atom. The summed E-state index contributed by atoms with van der Waals surface area (Å²) in [6.45, 7) is 4.51. The minimum Gasteiger partial charge on any atom is -0.391 e. The van der Waals surface area contributed by atoms with Crippen molar-refractivity contribution in [3.8, 4) is 12.3 Å². The number of pyridine rings is 1. The van der Waals surface area contributed by atoms with E-state index in [9.17, 15) is 5.11 Å². The lowest BCUT2D eigenvalue weighted by molar-refractivity contribution is 0.198. The topological polar surface area (TPSA) is 98.2 Å². The Balaban J connectivity index is 1.52. The number of aromatic nitrogens is 3. The van der Waals surface area contributed by atoms with Crippen LogP contribution in [0.5, 0.6) is 0 Å². The fraction of sp³-hybridized carbons (Fsp3) is 0.476. The Morgan fingerprint density at radius 2 is 2.10 bits per heavy atom. The van der Waals surface area contributed by atoms with Crippen LogP contribution in [0.15, 0.2) is 24.7 Å². The van der Waals surface area contributed by atoms with Crippen LogP contribution >= 0.6 is 0 Å². The quantitative estimate of drug-likeness (QED) is 0.549. The molecule has 8 heteroatoms. The van der Waals surface area contributed by atoms with Crippen molar-refractivity contribution < 1.29 is 5.11 Å². The third kappa shape index (κ3) is 4.94. The number of β-amino-alcohol motifs (C(OH)–C–C–N with tert-alkyl or cyclic N) is 1. The monoisotopic (exact) mass is 393 g/mol. The highest BCUT2D eigenvalue weighted by molar-refractivity contribution is 5.73. The summed E-state index contributed by atoms with van der Waals surface area (Å²) in [5.74, 6) is 4.33. The third-order valence-corrected chi connectivity index (χ3v) is 5.42. The molecule has 0 aromatic carbocycles. The number of aliphatic hydroxyl groups is 1. The number of piperidine rings is 1. The zero-order valence-corrected chi connectivity index (χ0v) is 16.4. The summed E-state index contributed by atoms with van der Waals surface area (Å²) in [7, 11) is 0. The minimum atomic E-state index is -0.284. The van der Waals surface area contributed by atoms with Gasteiger partial charge in [-0.05, 0) is 44.2 Å². The molecular weight excluding hydrogens is 366 g/mol. The van der Waals surface area contributed by atoms with Crippen molar-refractivity contribution in [1.29, 1.82) is 0 Å². The van der Waals surface area contributed by atoms with Gasteiger partial charge in [-0.3, -0.25) is 0 Å². The van der Waals surface area contributed by atoms with Gasteiger partial charge in [0.05, 0.1) is 36.1 Å². The molecule has 2 atom stereocenters. The number of anilines is 4. The third-order valence-electron chi connectivity index (χ3n) is 5.42. The van der Waals surface area contributed by atoms with Crippen molar-refractivity contribution in [1.82, 2.24) is 20.3 Å². The fourth-order valence-corrected chi connectivity index (χ4v) is 3.82. The van der Waals surface area contributed by atoms with Gasteiger partial charge in [-0.1, -0.05) is 0 Å². The molecule has 0 saturated carbocycles. The van der Waals surface area contributed by atoms with E-state index in [1.807, 2.05) is 12.3 Å². The second-order valence-electron chi connectivity index (χ2n) is 7.62. The van der Waals surface area contributed by atoms with E-state index in [2.05, 4.69) is 41.7 Å². The lowest BCUT2D eigenvalue weighted by atomic mass is 10.00. The zero-order chi connectivity index (χ0) is 20.1. The Labute approximate surface area is 171 Å². The summed E-state index contributed by atoms with van der Waals surface area (Å²) in [5.41, 5.74) is 2.52. The van der Waals surface area contributed by atoms with E-state index in [-0.39, 0.29) is 6.10 Å². The number of rotatable bonds is 6. The molecule has 0 amide bonds. The Morgan fingerprint density at radius 1 is 1.21 bits per heavy atom. The van der Waals surface area contributed by atoms with Gasteiger partial charge in [0.25, 0.3) is 0 Å². The minimum absolute atomic E-state index is 0.284. The maximum Gasteiger partial charge on any atom is 0.150 e. The lowest BCUT2D eigenvalue weighted by Gasteiger charge is -2.26. The van der Waals surface area contributed by atoms with Crippen molar-refractivity contribution in [2.45, 2.75) is 25.4 Å². The van der Waals surface area contributed by atoms with Crippen LogP contribution < -0.4 is 20.9 Å². The molecule has 2 aliphatic rings. The summed E-state index contributed by atoms with van der Waals surface area (Å²) in [6, 6.07) is 1.99. The highest BCUT2D eigenvalue weighted by atomic mass is 16.3. The Bertz CT molecular complexity index is 858. The van der Waals surface area contributed by atoms with E-state index >= 15 is 0 Å². The number of nitrogens with zero attached hydrogens (tertiary/aromatic N) is 4. The number of terminal acetylenes is 1. The van der Waals surface area contributed by atoms with Gasteiger partial charge in [0, 0.05) is 25.7 Å². The van der Waals surface area contributed by atoms with E-state index in [0.717, 1.165) is 44.0 Å². The molecule has 152 valence electrons. The number of nitrogens with one attached hydrogen (secondary N) is 3. The van der Waals surface area contributed by atoms with Gasteiger partial charge in [0.2, 0.25) is 0 Å². The molecule has 8 nitrogen and oxygen atoms in total. The predicted octanol–water partition coefficient (Wildman–Crippen LogP) is 1.58. The molecule has 0 aliphatic carbocycles. The van der Waals surface area contributed by atoms with Crippen LogP contribution in [0.4, 0.5) is 23.0 Å². The van der Waals surface area contributed by atoms with Crippen molar-refractivity contribution in [3.63, 3.8) is 0 Å². The smallest absolute Gasteiger partial charge is 0.150 e. The molecule has 2 aromatic heterocycles. The first-order chi connectivity index (χ1) is 14.2. The van der Waals surface area contributed by atoms with Crippen LogP contribution in [0.2, 0.25) is 0 Å². The molecule has 0 bridgehead atoms. The first-order valence-corrected chi connectivity index (χ1v) is 10.1. The van der Waals surface area contributed by atoms with Gasteiger partial charge in [-0.2, -0.15) is 0 Å². The van der Waals surface area contributed by atoms with E-state index < -0.39 is 0 Å². The second-order valence-corrected chi connectivity index (χ2v) is 7.62. The van der Waals surface area contributed by atoms with Crippen LogP contribution in [0, 0.1) is 18.3 Å². The summed E-state index contributed by atoms with van der Waals surface area (Å²) >= 11 is 0. The number of hydrogen-bond acceptors (Lipinski definition) is 8. The van der Waals surface area contributed by atoms with E-state index in [1.54, 1.807) is 12.4 Å². The standard InChI is InChI=1S/C21H27N7O/c1-2-16-11-25-21(13-23-16)27-20-8-18(24-10-15-4-3-6-22-9-15)19(12-26-20)28-7-5-17(29)14-28/h1,8,11-13,15,17,22,29H,3-7,9-10,14H2,(H2,24,25,26,27)/t15-,17?/m0/s1. The van der Waals surface area contributed by atoms with Gasteiger partial charge < -0.3 is 26.0 Å². The van der Waals surface area contributed by atoms with Crippen LogP contribution in [-0.4, -0.2) is 58.9 Å². The molecule has 2 aliphatic heterocycles. The molecule has 1 unspecified atom stereocenters. The normalized spacial score (nSPS) is 21.6. The van der Waals surface area contributed by atoms with Crippen LogP contribution in [0.25, 0.3) is 0 Å². The highest BCUT2D eigenvalue weighted by Gasteiger charge is 2.23. The lowest BCUT2D eigenvalue weighted by Crippen LogP contribution is -2.33. The highest BCUT2D eigenvalue weighted by Crippen LogP contribution is 2.31. The van der Waals surface area contributed by atoms with Gasteiger partial charge in [-0.25, -0.2) is 15.0 Å². The molecule has 2 fully saturated rings. The van der Waals surface area contributed by atoms with E-state index in [0.29, 0.717) is 29.8 Å². The SMILES string of the molecule is C#Cc1cnc(Nc2cc(NC[C@H]3CCCNC3)c(N3CCC(O)C3)cn2)cn1. The fourth-order valence-electron chi connectivity index (χ4n) is 3.82. The van der Waals surface area contributed by atoms with Crippen molar-refractivity contribution in [2.75, 3.05) is 48.3 Å². The molecule has 4 rings (SSSR count). The zero-order valence-electron chi connectivity index (χ0n) is 16.4. The molecule has 2 saturated heterocycles. The average molecular weight is 393 g/mol. The molecule has 0 radical (unpaired) electrons. The van der Waals surface area contributed by atoms with Gasteiger partial charge in [0.15, 0.2) is 0 Å². The first-order valence-electron chi connectivity index (χ1n) is 10.1. The van der Waals surface area contributed by atoms with Crippen molar-refractivity contribution >= 4 is 23.0 Å². The van der Waals surface area contributed by atoms with Gasteiger partial charge in [-0.15, -0.1) is 6.42 Å². The van der Waals surface area contributed by atoms with Gasteiger partial charge in [0.1, 0.15) is 17.3 Å². The van der Waals surface area contributed by atoms with E-state index in [4.69, 9.17) is 6.42 Å². The Hall–Kier alpha value is -2.89. The second kappa shape index (κ2) is 9.07. The molecule has 29 heavy (non-hydrogen) atoms. The maximum atomic E-state index is 9.95. The summed E-state index contributed by atoms with van der Waals surface area (Å²) in [6.07, 6.45) is 13.3. The van der Waals surface area contributed by atoms with Crippen LogP contribution in [-0.2, 0) is 0 Å². The number of hydrogen-bond donors (Lipinski definition) is 4. The average Bonchev–Trinajstić information content (AvgIpc) is 3.20. The van der Waals surface area contributed by atoms with Crippen molar-refractivity contribution in [3.05, 3.63) is 30.4 Å². The molecular formula is C21H27N7O. The molecule has 4 heterocycles. The molecule has 2 aromatic rings. The largest absolute Gasteiger partial charge is 0.391 e. The van der Waals surface area contributed by atoms with E-state index in [1.165, 1.54) is 12.8 Å². The summed E-state index contributed by atoms with van der Waals surface area (Å²) < 4.78 is 0. The molecule has 0 spiro atoms. The maximum absolute atomic E-state index is 9.95. The first kappa shape index (κ1) is 19.4. The Kier molecular flexibility index (Phi) is 6.08. The molecule has 4 N–H and O–H groups in total. The van der Waals surface area contributed by atoms with Crippen LogP contribution in [0.3, 0.4) is 0 Å². The predicted molar refractivity (Wildman–Crippen MR) is 114 cm³/mol. The summed E-state index contributed by atoms with van der Waals surface area (Å²) in [5, 5.41) is 20.2. The number of aliphatic hydroxyl groups excluding tert-OH is 1. The van der Waals surface area contributed by atoms with Gasteiger partial charge >= 0.3 is 0 Å².